The lowest BCUT2D eigenvalue weighted by molar-refractivity contribution is 0.281. The molecule has 3 rings (SSSR count). The van der Waals surface area contributed by atoms with Gasteiger partial charge in [-0.2, -0.15) is 4.31 Å². The van der Waals surface area contributed by atoms with Crippen LogP contribution >= 0.6 is 0 Å². The molecule has 6 heteroatoms. The number of halogens is 1. The summed E-state index contributed by atoms with van der Waals surface area (Å²) >= 11 is 0. The Balaban J connectivity index is 1.91. The molecule has 0 amide bonds. The molecule has 116 valence electrons. The largest absolute Gasteiger partial charge is 0.392 e. The van der Waals surface area contributed by atoms with Gasteiger partial charge < -0.3 is 5.11 Å². The van der Waals surface area contributed by atoms with Gasteiger partial charge in [0.1, 0.15) is 5.82 Å². The first-order chi connectivity index (χ1) is 10.5. The van der Waals surface area contributed by atoms with E-state index < -0.39 is 15.8 Å². The Kier molecular flexibility index (Phi) is 3.99. The number of fused-ring (bicyclic) bond motifs is 1. The molecule has 0 unspecified atom stereocenters. The van der Waals surface area contributed by atoms with Crippen molar-refractivity contribution in [1.82, 2.24) is 4.31 Å². The van der Waals surface area contributed by atoms with Gasteiger partial charge in [0.25, 0.3) is 0 Å². The van der Waals surface area contributed by atoms with E-state index in [0.717, 1.165) is 28.8 Å². The second kappa shape index (κ2) is 5.79. The van der Waals surface area contributed by atoms with Crippen LogP contribution in [-0.4, -0.2) is 24.4 Å². The zero-order valence-electron chi connectivity index (χ0n) is 11.9. The highest BCUT2D eigenvalue weighted by Gasteiger charge is 2.28. The molecule has 0 spiro atoms. The number of benzene rings is 2. The first-order valence-electron chi connectivity index (χ1n) is 6.98. The van der Waals surface area contributed by atoms with E-state index in [1.807, 2.05) is 18.2 Å². The summed E-state index contributed by atoms with van der Waals surface area (Å²) in [6.07, 6.45) is 0.626. The molecule has 1 aliphatic heterocycles. The molecule has 22 heavy (non-hydrogen) atoms. The number of hydrogen-bond donors (Lipinski definition) is 1. The van der Waals surface area contributed by atoms with Gasteiger partial charge in [0.05, 0.1) is 11.5 Å². The van der Waals surface area contributed by atoms with Crippen molar-refractivity contribution < 1.29 is 17.9 Å². The summed E-state index contributed by atoms with van der Waals surface area (Å²) < 4.78 is 39.6. The van der Waals surface area contributed by atoms with Crippen molar-refractivity contribution in [1.29, 1.82) is 0 Å². The van der Waals surface area contributed by atoms with Crippen LogP contribution in [0.1, 0.15) is 16.7 Å². The summed E-state index contributed by atoms with van der Waals surface area (Å²) in [5, 5.41) is 9.20. The predicted octanol–water partition coefficient (Wildman–Crippen LogP) is 2.07. The quantitative estimate of drug-likeness (QED) is 0.941. The van der Waals surface area contributed by atoms with Gasteiger partial charge in [-0.15, -0.1) is 0 Å². The third kappa shape index (κ3) is 2.77. The Morgan fingerprint density at radius 2 is 1.82 bits per heavy atom. The Morgan fingerprint density at radius 3 is 2.50 bits per heavy atom. The molecule has 0 atom stereocenters. The molecule has 4 nitrogen and oxygen atoms in total. The van der Waals surface area contributed by atoms with Crippen LogP contribution in [0.4, 0.5) is 4.39 Å². The van der Waals surface area contributed by atoms with E-state index in [1.54, 1.807) is 0 Å². The average Bonchev–Trinajstić information content (AvgIpc) is 2.54. The average molecular weight is 321 g/mol. The number of aliphatic hydroxyl groups excluding tert-OH is 1. The molecule has 2 aromatic rings. The SMILES string of the molecule is O=S(=O)(c1ccc(F)cc1)N1CCc2ccc(CO)cc2C1. The van der Waals surface area contributed by atoms with Crippen LogP contribution in [0.15, 0.2) is 47.4 Å². The maximum atomic E-state index is 13.0. The molecule has 1 heterocycles. The highest BCUT2D eigenvalue weighted by atomic mass is 32.2. The second-order valence-electron chi connectivity index (χ2n) is 5.30. The Bertz CT molecular complexity index is 788. The van der Waals surface area contributed by atoms with Gasteiger partial charge in [0, 0.05) is 13.1 Å². The van der Waals surface area contributed by atoms with E-state index in [-0.39, 0.29) is 18.0 Å². The van der Waals surface area contributed by atoms with Gasteiger partial charge in [-0.25, -0.2) is 12.8 Å². The minimum atomic E-state index is -3.64. The molecule has 1 aliphatic rings. The van der Waals surface area contributed by atoms with E-state index in [1.165, 1.54) is 16.4 Å². The lowest BCUT2D eigenvalue weighted by Gasteiger charge is -2.28. The summed E-state index contributed by atoms with van der Waals surface area (Å²) in [6, 6.07) is 10.5. The van der Waals surface area contributed by atoms with Crippen molar-refractivity contribution >= 4 is 10.0 Å². The molecular formula is C16H16FNO3S. The number of hydrogen-bond acceptors (Lipinski definition) is 3. The minimum Gasteiger partial charge on any atom is -0.392 e. The molecule has 1 N–H and O–H groups in total. The molecule has 0 saturated carbocycles. The molecule has 0 saturated heterocycles. The van der Waals surface area contributed by atoms with Crippen LogP contribution in [-0.2, 0) is 29.6 Å². The van der Waals surface area contributed by atoms with E-state index in [2.05, 4.69) is 0 Å². The molecule has 0 fully saturated rings. The van der Waals surface area contributed by atoms with Crippen molar-refractivity contribution in [3.05, 3.63) is 65.0 Å². The van der Waals surface area contributed by atoms with E-state index in [4.69, 9.17) is 0 Å². The van der Waals surface area contributed by atoms with Crippen LogP contribution in [0.25, 0.3) is 0 Å². The van der Waals surface area contributed by atoms with Crippen molar-refractivity contribution in [2.45, 2.75) is 24.5 Å². The van der Waals surface area contributed by atoms with Crippen LogP contribution < -0.4 is 0 Å². The topological polar surface area (TPSA) is 57.6 Å². The Hall–Kier alpha value is -1.76. The number of aliphatic hydroxyl groups is 1. The van der Waals surface area contributed by atoms with Gasteiger partial charge in [0.2, 0.25) is 10.0 Å². The third-order valence-electron chi connectivity index (χ3n) is 3.88. The summed E-state index contributed by atoms with van der Waals surface area (Å²) in [5.74, 6) is -0.462. The van der Waals surface area contributed by atoms with Crippen molar-refractivity contribution in [2.75, 3.05) is 6.54 Å². The van der Waals surface area contributed by atoms with Gasteiger partial charge in [-0.1, -0.05) is 18.2 Å². The summed E-state index contributed by atoms with van der Waals surface area (Å²) in [4.78, 5) is 0.0932. The van der Waals surface area contributed by atoms with Crippen LogP contribution in [0.2, 0.25) is 0 Å². The molecule has 0 bridgehead atoms. The maximum Gasteiger partial charge on any atom is 0.243 e. The fourth-order valence-corrected chi connectivity index (χ4v) is 4.06. The first kappa shape index (κ1) is 15.1. The van der Waals surface area contributed by atoms with E-state index in [0.29, 0.717) is 13.0 Å². The third-order valence-corrected chi connectivity index (χ3v) is 5.74. The van der Waals surface area contributed by atoms with Gasteiger partial charge >= 0.3 is 0 Å². The van der Waals surface area contributed by atoms with Gasteiger partial charge in [0.15, 0.2) is 0 Å². The summed E-state index contributed by atoms with van der Waals surface area (Å²) in [6.45, 7) is 0.589. The molecular weight excluding hydrogens is 305 g/mol. The highest BCUT2D eigenvalue weighted by Crippen LogP contribution is 2.26. The molecule has 0 radical (unpaired) electrons. The number of sulfonamides is 1. The molecule has 2 aromatic carbocycles. The van der Waals surface area contributed by atoms with Gasteiger partial charge in [-0.3, -0.25) is 0 Å². The fourth-order valence-electron chi connectivity index (χ4n) is 2.64. The predicted molar refractivity (Wildman–Crippen MR) is 80.1 cm³/mol. The smallest absolute Gasteiger partial charge is 0.243 e. The lowest BCUT2D eigenvalue weighted by Crippen LogP contribution is -2.36. The van der Waals surface area contributed by atoms with Crippen molar-refractivity contribution in [2.24, 2.45) is 0 Å². The fraction of sp³-hybridized carbons (Fsp3) is 0.250. The monoisotopic (exact) mass is 321 g/mol. The molecule has 0 aromatic heterocycles. The maximum absolute atomic E-state index is 13.0. The van der Waals surface area contributed by atoms with E-state index >= 15 is 0 Å². The summed E-state index contributed by atoms with van der Waals surface area (Å²) in [5.41, 5.74) is 2.77. The minimum absolute atomic E-state index is 0.0714. The summed E-state index contributed by atoms with van der Waals surface area (Å²) in [7, 11) is -3.64. The second-order valence-corrected chi connectivity index (χ2v) is 7.24. The normalized spacial score (nSPS) is 15.5. The van der Waals surface area contributed by atoms with E-state index in [9.17, 15) is 17.9 Å². The van der Waals surface area contributed by atoms with Gasteiger partial charge in [-0.05, 0) is 47.4 Å². The van der Waals surface area contributed by atoms with Crippen molar-refractivity contribution in [3.8, 4) is 0 Å². The number of nitrogens with zero attached hydrogens (tertiary/aromatic N) is 1. The number of rotatable bonds is 3. The van der Waals surface area contributed by atoms with Crippen LogP contribution in [0.3, 0.4) is 0 Å². The Morgan fingerprint density at radius 1 is 1.09 bits per heavy atom. The lowest BCUT2D eigenvalue weighted by atomic mass is 9.99. The zero-order valence-corrected chi connectivity index (χ0v) is 12.7. The van der Waals surface area contributed by atoms with Crippen LogP contribution in [0.5, 0.6) is 0 Å². The van der Waals surface area contributed by atoms with Crippen molar-refractivity contribution in [3.63, 3.8) is 0 Å². The Labute approximate surface area is 128 Å². The molecule has 0 aliphatic carbocycles. The highest BCUT2D eigenvalue weighted by molar-refractivity contribution is 7.89. The first-order valence-corrected chi connectivity index (χ1v) is 8.42. The van der Waals surface area contributed by atoms with Crippen LogP contribution in [0, 0.1) is 5.82 Å². The zero-order chi connectivity index (χ0) is 15.7. The standard InChI is InChI=1S/C16H16FNO3S/c17-15-3-5-16(6-4-15)22(20,21)18-8-7-13-2-1-12(11-19)9-14(13)10-18/h1-6,9,19H,7-8,10-11H2.